The van der Waals surface area contributed by atoms with Crippen LogP contribution in [0.3, 0.4) is 0 Å². The average Bonchev–Trinajstić information content (AvgIpc) is 2.46. The van der Waals surface area contributed by atoms with Crippen molar-refractivity contribution in [3.8, 4) is 5.75 Å². The molecule has 0 fully saturated rings. The lowest BCUT2D eigenvalue weighted by Crippen LogP contribution is -2.26. The molecule has 0 spiro atoms. The molecule has 0 aromatic heterocycles. The predicted molar refractivity (Wildman–Crippen MR) is 90.5 cm³/mol. The Balaban J connectivity index is 2.82. The maximum atomic E-state index is 13.7. The lowest BCUT2D eigenvalue weighted by molar-refractivity contribution is -0.113. The van der Waals surface area contributed by atoms with Crippen molar-refractivity contribution in [1.82, 2.24) is 5.32 Å². The highest BCUT2D eigenvalue weighted by Crippen LogP contribution is 2.20. The summed E-state index contributed by atoms with van der Waals surface area (Å²) < 4.78 is 19.4. The van der Waals surface area contributed by atoms with E-state index in [4.69, 9.17) is 4.74 Å². The van der Waals surface area contributed by atoms with Gasteiger partial charge in [0.15, 0.2) is 5.78 Å². The lowest BCUT2D eigenvalue weighted by Gasteiger charge is -2.14. The number of ether oxygens (including phenoxy) is 1. The monoisotopic (exact) mass is 329 g/mol. The normalized spacial score (nSPS) is 14.1. The van der Waals surface area contributed by atoms with Crippen molar-refractivity contribution in [1.29, 1.82) is 0 Å². The second kappa shape index (κ2) is 9.12. The van der Waals surface area contributed by atoms with Gasteiger partial charge in [-0.25, -0.2) is 4.39 Å². The first-order valence-electron chi connectivity index (χ1n) is 6.61. The summed E-state index contributed by atoms with van der Waals surface area (Å²) in [6, 6.07) is 4.50. The number of ketones is 1. The molecule has 0 aliphatic rings. The third kappa shape index (κ3) is 6.11. The van der Waals surface area contributed by atoms with Gasteiger partial charge in [0.1, 0.15) is 17.7 Å². The van der Waals surface area contributed by atoms with Crippen LogP contribution in [-0.2, 0) is 4.79 Å². The van der Waals surface area contributed by atoms with E-state index in [1.165, 1.54) is 18.2 Å². The molecule has 0 heterocycles. The van der Waals surface area contributed by atoms with Crippen LogP contribution in [0, 0.1) is 5.82 Å². The standard InChI is InChI=1S/C15H20FNO2S2/c1-10(9-17-3)19-13-5-6-14(16)12(8-13)4-7-15(18)11(2)21-20/h4-8,10-11,17,20H,9H2,1-3H3/b7-4+/t10-,11?/m0/s1. The summed E-state index contributed by atoms with van der Waals surface area (Å²) in [5.74, 6) is 0.0750. The van der Waals surface area contributed by atoms with Crippen LogP contribution in [0.2, 0.25) is 0 Å². The molecule has 2 atom stereocenters. The van der Waals surface area contributed by atoms with Gasteiger partial charge < -0.3 is 10.1 Å². The van der Waals surface area contributed by atoms with E-state index < -0.39 is 0 Å². The Morgan fingerprint density at radius 1 is 1.52 bits per heavy atom. The third-order valence-electron chi connectivity index (χ3n) is 2.78. The van der Waals surface area contributed by atoms with Crippen molar-refractivity contribution < 1.29 is 13.9 Å². The molecule has 6 heteroatoms. The lowest BCUT2D eigenvalue weighted by atomic mass is 10.1. The van der Waals surface area contributed by atoms with Crippen LogP contribution < -0.4 is 10.1 Å². The molecule has 0 radical (unpaired) electrons. The Hall–Kier alpha value is -0.980. The molecule has 0 amide bonds. The topological polar surface area (TPSA) is 38.3 Å². The van der Waals surface area contributed by atoms with E-state index in [1.807, 2.05) is 14.0 Å². The molecule has 21 heavy (non-hydrogen) atoms. The van der Waals surface area contributed by atoms with Crippen LogP contribution in [-0.4, -0.2) is 30.7 Å². The Morgan fingerprint density at radius 3 is 2.86 bits per heavy atom. The first-order valence-corrected chi connectivity index (χ1v) is 8.54. The van der Waals surface area contributed by atoms with Crippen molar-refractivity contribution in [2.45, 2.75) is 25.2 Å². The first kappa shape index (κ1) is 18.1. The molecule has 1 N–H and O–H groups in total. The van der Waals surface area contributed by atoms with Gasteiger partial charge in [0.2, 0.25) is 0 Å². The molecule has 0 saturated heterocycles. The molecule has 0 aliphatic heterocycles. The molecule has 1 rings (SSSR count). The van der Waals surface area contributed by atoms with E-state index in [0.29, 0.717) is 17.9 Å². The molecule has 0 aliphatic carbocycles. The quantitative estimate of drug-likeness (QED) is 0.436. The second-order valence-electron chi connectivity index (χ2n) is 4.65. The van der Waals surface area contributed by atoms with Gasteiger partial charge in [0, 0.05) is 12.1 Å². The van der Waals surface area contributed by atoms with E-state index in [2.05, 4.69) is 17.0 Å². The van der Waals surface area contributed by atoms with E-state index in [9.17, 15) is 9.18 Å². The number of halogens is 1. The molecule has 116 valence electrons. The Labute approximate surface area is 134 Å². The maximum Gasteiger partial charge on any atom is 0.169 e. The minimum absolute atomic E-state index is 0.0282. The number of carbonyl (C=O) groups excluding carboxylic acids is 1. The van der Waals surface area contributed by atoms with E-state index in [0.717, 1.165) is 10.8 Å². The number of hydrogen-bond acceptors (Lipinski definition) is 5. The SMILES string of the molecule is CNC[C@H](C)Oc1ccc(F)c(/C=C/C(=O)C(C)SS)c1. The predicted octanol–water partition coefficient (Wildman–Crippen LogP) is 3.36. The summed E-state index contributed by atoms with van der Waals surface area (Å²) in [5.41, 5.74) is 0.328. The van der Waals surface area contributed by atoms with Gasteiger partial charge in [-0.2, -0.15) is 0 Å². The fourth-order valence-corrected chi connectivity index (χ4v) is 2.14. The maximum absolute atomic E-state index is 13.7. The van der Waals surface area contributed by atoms with Crippen LogP contribution in [0.4, 0.5) is 4.39 Å². The fraction of sp³-hybridized carbons (Fsp3) is 0.400. The van der Waals surface area contributed by atoms with Crippen molar-refractivity contribution in [3.05, 3.63) is 35.7 Å². The van der Waals surface area contributed by atoms with E-state index in [-0.39, 0.29) is 23.0 Å². The van der Waals surface area contributed by atoms with Crippen molar-refractivity contribution >= 4 is 34.3 Å². The summed E-state index contributed by atoms with van der Waals surface area (Å²) in [7, 11) is 3.00. The average molecular weight is 329 g/mol. The number of rotatable bonds is 8. The summed E-state index contributed by atoms with van der Waals surface area (Å²) in [6.07, 6.45) is 2.81. The highest BCUT2D eigenvalue weighted by atomic mass is 33.1. The smallest absolute Gasteiger partial charge is 0.169 e. The molecular formula is C15H20FNO2S2. The van der Waals surface area contributed by atoms with Gasteiger partial charge in [0.05, 0.1) is 5.25 Å². The second-order valence-corrected chi connectivity index (χ2v) is 6.20. The fourth-order valence-electron chi connectivity index (χ4n) is 1.64. The van der Waals surface area contributed by atoms with Crippen LogP contribution in [0.25, 0.3) is 6.08 Å². The number of carbonyl (C=O) groups is 1. The number of nitrogens with one attached hydrogen (secondary N) is 1. The third-order valence-corrected chi connectivity index (χ3v) is 4.28. The Morgan fingerprint density at radius 2 is 2.24 bits per heavy atom. The van der Waals surface area contributed by atoms with Crippen molar-refractivity contribution in [2.75, 3.05) is 13.6 Å². The van der Waals surface area contributed by atoms with Gasteiger partial charge in [0.25, 0.3) is 0 Å². The largest absolute Gasteiger partial charge is 0.489 e. The van der Waals surface area contributed by atoms with E-state index in [1.54, 1.807) is 19.1 Å². The molecule has 1 aromatic carbocycles. The summed E-state index contributed by atoms with van der Waals surface area (Å²) in [4.78, 5) is 11.7. The van der Waals surface area contributed by atoms with Gasteiger partial charge in [-0.05, 0) is 51.2 Å². The highest BCUT2D eigenvalue weighted by Gasteiger charge is 2.09. The van der Waals surface area contributed by atoms with Crippen LogP contribution in [0.5, 0.6) is 5.75 Å². The number of allylic oxidation sites excluding steroid dienone is 1. The molecular weight excluding hydrogens is 309 g/mol. The van der Waals surface area contributed by atoms with Crippen LogP contribution in [0.1, 0.15) is 19.4 Å². The molecule has 3 nitrogen and oxygen atoms in total. The van der Waals surface area contributed by atoms with Crippen molar-refractivity contribution in [3.63, 3.8) is 0 Å². The van der Waals surface area contributed by atoms with Gasteiger partial charge in [-0.1, -0.05) is 10.8 Å². The van der Waals surface area contributed by atoms with Gasteiger partial charge in [-0.3, -0.25) is 4.79 Å². The summed E-state index contributed by atoms with van der Waals surface area (Å²) in [5, 5.41) is 2.74. The van der Waals surface area contributed by atoms with Crippen LogP contribution in [0.15, 0.2) is 24.3 Å². The van der Waals surface area contributed by atoms with Gasteiger partial charge >= 0.3 is 0 Å². The first-order chi connectivity index (χ1) is 9.97. The minimum Gasteiger partial charge on any atom is -0.489 e. The van der Waals surface area contributed by atoms with E-state index >= 15 is 0 Å². The number of thiol groups is 1. The zero-order chi connectivity index (χ0) is 15.8. The van der Waals surface area contributed by atoms with Gasteiger partial charge in [-0.15, -0.1) is 11.7 Å². The molecule has 1 aromatic rings. The zero-order valence-corrected chi connectivity index (χ0v) is 14.0. The number of hydrogen-bond donors (Lipinski definition) is 2. The Kier molecular flexibility index (Phi) is 7.85. The number of likely N-dealkylation sites (N-methyl/N-ethyl adjacent to an activating group) is 1. The highest BCUT2D eigenvalue weighted by molar-refractivity contribution is 8.69. The molecule has 1 unspecified atom stereocenters. The number of benzene rings is 1. The van der Waals surface area contributed by atoms with Crippen molar-refractivity contribution in [2.24, 2.45) is 0 Å². The molecule has 0 bridgehead atoms. The zero-order valence-electron chi connectivity index (χ0n) is 12.3. The summed E-state index contributed by atoms with van der Waals surface area (Å²) in [6.45, 7) is 4.36. The van der Waals surface area contributed by atoms with Crippen LogP contribution >= 0.6 is 22.5 Å². The minimum atomic E-state index is -0.390. The molecule has 0 saturated carbocycles. The Bertz CT molecular complexity index is 508. The summed E-state index contributed by atoms with van der Waals surface area (Å²) >= 11 is 3.99.